The fourth-order valence-electron chi connectivity index (χ4n) is 4.27. The van der Waals surface area contributed by atoms with E-state index in [1.807, 2.05) is 0 Å². The quantitative estimate of drug-likeness (QED) is 0.371. The standard InChI is InChI=1S/C21H27ClFN5/c1-5-17(23)20(27-14-6-12(2)8-21(3,4)9-14)28-18(24)16-11-26-19-15(16)7-13(22)10-25-19/h5,7,10-12,14,27H,1,6,8-9H2,2-4H3,(H2,24,28)(H,25,26)/b20-17+/t12-,14+/m1/s1. The number of halogens is 2. The van der Waals surface area contributed by atoms with E-state index < -0.39 is 5.83 Å². The van der Waals surface area contributed by atoms with Crippen LogP contribution in [0.25, 0.3) is 11.0 Å². The summed E-state index contributed by atoms with van der Waals surface area (Å²) in [5, 5.41) is 4.49. The highest BCUT2D eigenvalue weighted by Gasteiger charge is 2.32. The van der Waals surface area contributed by atoms with E-state index in [-0.39, 0.29) is 23.1 Å². The maximum absolute atomic E-state index is 14.5. The number of nitrogens with two attached hydrogens (primary N) is 1. The van der Waals surface area contributed by atoms with Gasteiger partial charge in [-0.05, 0) is 42.7 Å². The van der Waals surface area contributed by atoms with E-state index in [1.54, 1.807) is 18.5 Å². The Balaban J connectivity index is 1.92. The lowest BCUT2D eigenvalue weighted by molar-refractivity contribution is 0.156. The molecule has 0 spiro atoms. The molecular formula is C21H27ClFN5. The molecule has 28 heavy (non-hydrogen) atoms. The summed E-state index contributed by atoms with van der Waals surface area (Å²) >= 11 is 6.05. The summed E-state index contributed by atoms with van der Waals surface area (Å²) in [5.74, 6) is 0.303. The number of aliphatic imine (C=N–C) groups is 1. The van der Waals surface area contributed by atoms with Gasteiger partial charge in [0.15, 0.2) is 11.6 Å². The number of allylic oxidation sites excluding steroid dienone is 2. The molecule has 0 aliphatic heterocycles. The first kappa shape index (κ1) is 20.4. The molecule has 0 unspecified atom stereocenters. The van der Waals surface area contributed by atoms with Gasteiger partial charge in [0.25, 0.3) is 0 Å². The lowest BCUT2D eigenvalue weighted by atomic mass is 9.70. The molecule has 7 heteroatoms. The van der Waals surface area contributed by atoms with Crippen molar-refractivity contribution >= 4 is 28.5 Å². The van der Waals surface area contributed by atoms with E-state index in [4.69, 9.17) is 17.3 Å². The van der Waals surface area contributed by atoms with Crippen molar-refractivity contribution in [3.05, 3.63) is 53.3 Å². The molecule has 2 atom stereocenters. The Morgan fingerprint density at radius 2 is 2.25 bits per heavy atom. The van der Waals surface area contributed by atoms with E-state index in [9.17, 15) is 4.39 Å². The molecule has 0 aromatic carbocycles. The smallest absolute Gasteiger partial charge is 0.164 e. The summed E-state index contributed by atoms with van der Waals surface area (Å²) in [6.07, 6.45) is 7.44. The molecule has 2 aromatic heterocycles. The van der Waals surface area contributed by atoms with Gasteiger partial charge < -0.3 is 16.0 Å². The number of nitrogens with zero attached hydrogens (tertiary/aromatic N) is 2. The van der Waals surface area contributed by atoms with Gasteiger partial charge in [-0.15, -0.1) is 0 Å². The molecule has 1 aliphatic rings. The summed E-state index contributed by atoms with van der Waals surface area (Å²) in [6, 6.07) is 1.87. The second-order valence-corrected chi connectivity index (χ2v) is 8.84. The van der Waals surface area contributed by atoms with Crippen molar-refractivity contribution in [3.63, 3.8) is 0 Å². The maximum Gasteiger partial charge on any atom is 0.164 e. The number of nitrogens with one attached hydrogen (secondary N) is 2. The zero-order valence-corrected chi connectivity index (χ0v) is 17.3. The van der Waals surface area contributed by atoms with E-state index in [0.717, 1.165) is 30.7 Å². The molecule has 2 heterocycles. The average Bonchev–Trinajstić information content (AvgIpc) is 3.01. The molecular weight excluding hydrogens is 377 g/mol. The summed E-state index contributed by atoms with van der Waals surface area (Å²) in [4.78, 5) is 11.6. The predicted molar refractivity (Wildman–Crippen MR) is 114 cm³/mol. The van der Waals surface area contributed by atoms with Gasteiger partial charge in [0, 0.05) is 29.4 Å². The molecule has 4 N–H and O–H groups in total. The highest BCUT2D eigenvalue weighted by Crippen LogP contribution is 2.39. The fraction of sp³-hybridized carbons (Fsp3) is 0.429. The van der Waals surface area contributed by atoms with Gasteiger partial charge in [0.2, 0.25) is 0 Å². The number of pyridine rings is 1. The van der Waals surface area contributed by atoms with Crippen LogP contribution in [0.4, 0.5) is 4.39 Å². The van der Waals surface area contributed by atoms with Crippen LogP contribution >= 0.6 is 11.6 Å². The largest absolute Gasteiger partial charge is 0.383 e. The zero-order chi connectivity index (χ0) is 20.5. The van der Waals surface area contributed by atoms with Gasteiger partial charge in [-0.3, -0.25) is 0 Å². The second-order valence-electron chi connectivity index (χ2n) is 8.40. The van der Waals surface area contributed by atoms with Crippen LogP contribution in [0.15, 0.2) is 47.8 Å². The van der Waals surface area contributed by atoms with Gasteiger partial charge in [0.1, 0.15) is 11.5 Å². The summed E-state index contributed by atoms with van der Waals surface area (Å²) in [5.41, 5.74) is 7.68. The van der Waals surface area contributed by atoms with Crippen molar-refractivity contribution in [2.45, 2.75) is 46.1 Å². The van der Waals surface area contributed by atoms with Crippen molar-refractivity contribution in [2.75, 3.05) is 0 Å². The Labute approximate surface area is 170 Å². The first-order valence-electron chi connectivity index (χ1n) is 9.44. The van der Waals surface area contributed by atoms with E-state index in [2.05, 4.69) is 47.6 Å². The van der Waals surface area contributed by atoms with Crippen LogP contribution in [0.3, 0.4) is 0 Å². The average molecular weight is 404 g/mol. The zero-order valence-electron chi connectivity index (χ0n) is 16.5. The van der Waals surface area contributed by atoms with E-state index in [0.29, 0.717) is 22.2 Å². The molecule has 0 amide bonds. The van der Waals surface area contributed by atoms with Crippen LogP contribution < -0.4 is 11.1 Å². The molecule has 0 bridgehead atoms. The Kier molecular flexibility index (Phi) is 5.79. The van der Waals surface area contributed by atoms with Gasteiger partial charge in [0.05, 0.1) is 5.02 Å². The van der Waals surface area contributed by atoms with Gasteiger partial charge in [-0.2, -0.15) is 0 Å². The molecule has 150 valence electrons. The van der Waals surface area contributed by atoms with E-state index in [1.165, 1.54) is 0 Å². The first-order chi connectivity index (χ1) is 13.2. The Morgan fingerprint density at radius 1 is 1.50 bits per heavy atom. The number of hydrogen-bond acceptors (Lipinski definition) is 3. The lowest BCUT2D eigenvalue weighted by Gasteiger charge is -2.39. The van der Waals surface area contributed by atoms with Gasteiger partial charge >= 0.3 is 0 Å². The minimum atomic E-state index is -0.532. The summed E-state index contributed by atoms with van der Waals surface area (Å²) in [6.45, 7) is 10.2. The predicted octanol–water partition coefficient (Wildman–Crippen LogP) is 5.05. The molecule has 1 saturated carbocycles. The summed E-state index contributed by atoms with van der Waals surface area (Å²) in [7, 11) is 0. The Morgan fingerprint density at radius 3 is 2.93 bits per heavy atom. The maximum atomic E-state index is 14.5. The minimum Gasteiger partial charge on any atom is -0.383 e. The normalized spacial score (nSPS) is 23.4. The molecule has 3 rings (SSSR count). The molecule has 2 aromatic rings. The number of aromatic amines is 1. The highest BCUT2D eigenvalue weighted by atomic mass is 35.5. The van der Waals surface area contributed by atoms with Crippen molar-refractivity contribution < 1.29 is 4.39 Å². The topological polar surface area (TPSA) is 79.1 Å². The van der Waals surface area contributed by atoms with Gasteiger partial charge in [-0.1, -0.05) is 39.0 Å². The van der Waals surface area contributed by atoms with Crippen LogP contribution in [0.5, 0.6) is 0 Å². The van der Waals surface area contributed by atoms with Crippen molar-refractivity contribution in [3.8, 4) is 0 Å². The highest BCUT2D eigenvalue weighted by molar-refractivity contribution is 6.31. The third-order valence-electron chi connectivity index (χ3n) is 5.14. The van der Waals surface area contributed by atoms with Crippen LogP contribution in [-0.4, -0.2) is 21.8 Å². The second kappa shape index (κ2) is 7.95. The van der Waals surface area contributed by atoms with Gasteiger partial charge in [-0.25, -0.2) is 14.4 Å². The van der Waals surface area contributed by atoms with Crippen molar-refractivity contribution in [1.82, 2.24) is 15.3 Å². The molecule has 0 radical (unpaired) electrons. The Hall–Kier alpha value is -2.34. The third-order valence-corrected chi connectivity index (χ3v) is 5.35. The Bertz CT molecular complexity index is 943. The lowest BCUT2D eigenvalue weighted by Crippen LogP contribution is -2.40. The molecule has 5 nitrogen and oxygen atoms in total. The van der Waals surface area contributed by atoms with Crippen molar-refractivity contribution in [2.24, 2.45) is 22.1 Å². The van der Waals surface area contributed by atoms with Crippen LogP contribution in [-0.2, 0) is 0 Å². The third kappa shape index (κ3) is 4.55. The number of fused-ring (bicyclic) bond motifs is 1. The molecule has 1 aliphatic carbocycles. The molecule has 1 fully saturated rings. The number of amidine groups is 1. The number of aromatic nitrogens is 2. The SMILES string of the molecule is C=C/C(F)=C(\N=C(/N)c1c[nH]c2ncc(Cl)cc12)N[C@H]1C[C@@H](C)CC(C)(C)C1. The first-order valence-corrected chi connectivity index (χ1v) is 9.82. The summed E-state index contributed by atoms with van der Waals surface area (Å²) < 4.78 is 14.5. The van der Waals surface area contributed by atoms with Crippen LogP contribution in [0.1, 0.15) is 45.6 Å². The van der Waals surface area contributed by atoms with Crippen molar-refractivity contribution in [1.29, 1.82) is 0 Å². The minimum absolute atomic E-state index is 0.103. The number of rotatable bonds is 5. The number of H-pyrrole nitrogens is 1. The van der Waals surface area contributed by atoms with Crippen LogP contribution in [0, 0.1) is 11.3 Å². The van der Waals surface area contributed by atoms with E-state index >= 15 is 0 Å². The molecule has 0 saturated heterocycles. The number of hydrogen-bond donors (Lipinski definition) is 3. The van der Waals surface area contributed by atoms with Crippen LogP contribution in [0.2, 0.25) is 5.02 Å². The fourth-order valence-corrected chi connectivity index (χ4v) is 4.43. The monoisotopic (exact) mass is 403 g/mol.